The number of nitrogens with two attached hydrogens (primary N) is 1. The Balaban J connectivity index is 4.11. The first-order chi connectivity index (χ1) is 6.22. The minimum atomic E-state index is -4.24. The lowest BCUT2D eigenvalue weighted by molar-refractivity contribution is -0.135. The molecule has 0 amide bonds. The summed E-state index contributed by atoms with van der Waals surface area (Å²) in [6.45, 7) is 3.20. The maximum absolute atomic E-state index is 11.9. The van der Waals surface area contributed by atoms with Crippen LogP contribution in [0, 0.1) is 5.92 Å². The third-order valence-corrected chi connectivity index (χ3v) is 1.43. The van der Waals surface area contributed by atoms with Gasteiger partial charge in [0.25, 0.3) is 0 Å². The van der Waals surface area contributed by atoms with E-state index in [0.29, 0.717) is 6.54 Å². The van der Waals surface area contributed by atoms with E-state index in [1.165, 1.54) is 7.05 Å². The predicted molar refractivity (Wildman–Crippen MR) is 50.0 cm³/mol. The largest absolute Gasteiger partial charge is 0.406 e. The first kappa shape index (κ1) is 13.1. The molecule has 0 aromatic heterocycles. The van der Waals surface area contributed by atoms with Crippen molar-refractivity contribution >= 4 is 5.96 Å². The second-order valence-corrected chi connectivity index (χ2v) is 3.56. The molecule has 0 aromatic rings. The van der Waals surface area contributed by atoms with E-state index in [9.17, 15) is 13.2 Å². The molecular formula is C8H16F3N3. The van der Waals surface area contributed by atoms with Gasteiger partial charge in [-0.2, -0.15) is 13.2 Å². The number of aliphatic imine (C=N–C) groups is 1. The van der Waals surface area contributed by atoms with Crippen LogP contribution in [0.4, 0.5) is 13.2 Å². The number of hydrogen-bond donors (Lipinski definition) is 1. The van der Waals surface area contributed by atoms with Gasteiger partial charge in [-0.25, -0.2) is 0 Å². The van der Waals surface area contributed by atoms with E-state index >= 15 is 0 Å². The Bertz CT molecular complexity index is 198. The molecule has 0 unspecified atom stereocenters. The molecule has 0 fully saturated rings. The zero-order valence-corrected chi connectivity index (χ0v) is 8.60. The van der Waals surface area contributed by atoms with E-state index in [2.05, 4.69) is 4.99 Å². The Morgan fingerprint density at radius 2 is 1.93 bits per heavy atom. The minimum Gasteiger partial charge on any atom is -0.370 e. The van der Waals surface area contributed by atoms with Crippen molar-refractivity contribution in [3.05, 3.63) is 0 Å². The molecule has 0 aliphatic heterocycles. The summed E-state index contributed by atoms with van der Waals surface area (Å²) in [5.74, 6) is 0.212. The van der Waals surface area contributed by atoms with Crippen LogP contribution in [-0.4, -0.2) is 37.2 Å². The van der Waals surface area contributed by atoms with E-state index < -0.39 is 12.7 Å². The number of rotatable bonds is 3. The second-order valence-electron chi connectivity index (χ2n) is 3.56. The highest BCUT2D eigenvalue weighted by Gasteiger charge is 2.29. The van der Waals surface area contributed by atoms with Gasteiger partial charge >= 0.3 is 6.18 Å². The summed E-state index contributed by atoms with van der Waals surface area (Å²) < 4.78 is 35.7. The molecule has 0 saturated heterocycles. The van der Waals surface area contributed by atoms with Crippen molar-refractivity contribution in [3.63, 3.8) is 0 Å². The number of nitrogens with zero attached hydrogens (tertiary/aromatic N) is 2. The van der Waals surface area contributed by atoms with Crippen molar-refractivity contribution in [1.82, 2.24) is 4.90 Å². The van der Waals surface area contributed by atoms with Gasteiger partial charge in [0, 0.05) is 13.6 Å². The Kier molecular flexibility index (Phi) is 4.73. The van der Waals surface area contributed by atoms with Crippen molar-refractivity contribution in [3.8, 4) is 0 Å². The van der Waals surface area contributed by atoms with Gasteiger partial charge in [0.2, 0.25) is 0 Å². The third-order valence-electron chi connectivity index (χ3n) is 1.43. The Labute approximate surface area is 81.8 Å². The molecular weight excluding hydrogens is 195 g/mol. The van der Waals surface area contributed by atoms with E-state index in [-0.39, 0.29) is 11.9 Å². The first-order valence-corrected chi connectivity index (χ1v) is 4.30. The fraction of sp³-hybridized carbons (Fsp3) is 0.875. The molecule has 0 aliphatic carbocycles. The van der Waals surface area contributed by atoms with Crippen LogP contribution in [-0.2, 0) is 0 Å². The smallest absolute Gasteiger partial charge is 0.370 e. The van der Waals surface area contributed by atoms with Crippen LogP contribution in [0.1, 0.15) is 13.8 Å². The van der Waals surface area contributed by atoms with Crippen LogP contribution in [0.3, 0.4) is 0 Å². The quantitative estimate of drug-likeness (QED) is 0.567. The molecule has 2 N–H and O–H groups in total. The van der Waals surface area contributed by atoms with Gasteiger partial charge in [-0.1, -0.05) is 13.8 Å². The Hall–Kier alpha value is -0.940. The molecule has 0 saturated carbocycles. The molecule has 14 heavy (non-hydrogen) atoms. The lowest BCUT2D eigenvalue weighted by Gasteiger charge is -2.19. The molecule has 0 heterocycles. The number of hydrogen-bond acceptors (Lipinski definition) is 1. The summed E-state index contributed by atoms with van der Waals surface area (Å²) >= 11 is 0. The molecule has 0 rings (SSSR count). The van der Waals surface area contributed by atoms with Crippen molar-refractivity contribution < 1.29 is 13.2 Å². The first-order valence-electron chi connectivity index (χ1n) is 4.30. The molecule has 84 valence electrons. The van der Waals surface area contributed by atoms with Gasteiger partial charge in [0.1, 0.15) is 6.54 Å². The monoisotopic (exact) mass is 211 g/mol. The van der Waals surface area contributed by atoms with Crippen molar-refractivity contribution in [1.29, 1.82) is 0 Å². The van der Waals surface area contributed by atoms with Crippen molar-refractivity contribution in [2.45, 2.75) is 20.0 Å². The Morgan fingerprint density at radius 1 is 1.43 bits per heavy atom. The summed E-state index contributed by atoms with van der Waals surface area (Å²) in [4.78, 5) is 4.72. The highest BCUT2D eigenvalue weighted by atomic mass is 19.4. The highest BCUT2D eigenvalue weighted by Crippen LogP contribution is 2.15. The van der Waals surface area contributed by atoms with Crippen LogP contribution in [0.25, 0.3) is 0 Å². The van der Waals surface area contributed by atoms with Crippen molar-refractivity contribution in [2.24, 2.45) is 16.6 Å². The normalized spacial score (nSPS) is 13.5. The molecule has 0 bridgehead atoms. The lowest BCUT2D eigenvalue weighted by atomic mass is 10.2. The summed E-state index contributed by atoms with van der Waals surface area (Å²) in [7, 11) is 1.27. The number of alkyl halides is 3. The molecule has 3 nitrogen and oxygen atoms in total. The summed E-state index contributed by atoms with van der Waals surface area (Å²) in [6, 6.07) is 0. The van der Waals surface area contributed by atoms with Gasteiger partial charge < -0.3 is 10.6 Å². The lowest BCUT2D eigenvalue weighted by Crippen LogP contribution is -2.40. The molecule has 0 atom stereocenters. The second kappa shape index (κ2) is 5.07. The van der Waals surface area contributed by atoms with Gasteiger partial charge in [0.15, 0.2) is 5.96 Å². The molecule has 0 spiro atoms. The maximum atomic E-state index is 11.9. The number of guanidine groups is 1. The standard InChI is InChI=1S/C8H16F3N3/c1-6(2)4-13-7(12)14(3)5-8(9,10)11/h6H,4-5H2,1-3H3,(H2,12,13). The van der Waals surface area contributed by atoms with E-state index in [0.717, 1.165) is 4.90 Å². The van der Waals surface area contributed by atoms with Crippen LogP contribution in [0.15, 0.2) is 4.99 Å². The van der Waals surface area contributed by atoms with Crippen LogP contribution in [0.2, 0.25) is 0 Å². The van der Waals surface area contributed by atoms with E-state index in [4.69, 9.17) is 5.73 Å². The average Bonchev–Trinajstić information content (AvgIpc) is 1.96. The third kappa shape index (κ3) is 6.56. The predicted octanol–water partition coefficient (Wildman–Crippen LogP) is 1.45. The zero-order chi connectivity index (χ0) is 11.4. The van der Waals surface area contributed by atoms with Gasteiger partial charge in [-0.3, -0.25) is 4.99 Å². The molecule has 6 heteroatoms. The van der Waals surface area contributed by atoms with E-state index in [1.54, 1.807) is 0 Å². The van der Waals surface area contributed by atoms with Crippen LogP contribution in [0.5, 0.6) is 0 Å². The summed E-state index contributed by atoms with van der Waals surface area (Å²) in [5.41, 5.74) is 5.35. The molecule has 0 aliphatic rings. The van der Waals surface area contributed by atoms with Crippen LogP contribution < -0.4 is 5.73 Å². The van der Waals surface area contributed by atoms with Gasteiger partial charge in [-0.05, 0) is 5.92 Å². The fourth-order valence-corrected chi connectivity index (χ4v) is 0.747. The molecule has 0 radical (unpaired) electrons. The van der Waals surface area contributed by atoms with Crippen molar-refractivity contribution in [2.75, 3.05) is 20.1 Å². The fourth-order valence-electron chi connectivity index (χ4n) is 0.747. The topological polar surface area (TPSA) is 41.6 Å². The zero-order valence-electron chi connectivity index (χ0n) is 8.60. The average molecular weight is 211 g/mol. The summed E-state index contributed by atoms with van der Waals surface area (Å²) in [5, 5.41) is 0. The SMILES string of the molecule is CC(C)CN=C(N)N(C)CC(F)(F)F. The van der Waals surface area contributed by atoms with E-state index in [1.807, 2.05) is 13.8 Å². The van der Waals surface area contributed by atoms with Gasteiger partial charge in [-0.15, -0.1) is 0 Å². The van der Waals surface area contributed by atoms with Crippen LogP contribution >= 0.6 is 0 Å². The molecule has 0 aromatic carbocycles. The maximum Gasteiger partial charge on any atom is 0.406 e. The van der Waals surface area contributed by atoms with Gasteiger partial charge in [0.05, 0.1) is 0 Å². The summed E-state index contributed by atoms with van der Waals surface area (Å²) in [6.07, 6.45) is -4.24. The Morgan fingerprint density at radius 3 is 2.29 bits per heavy atom. The minimum absolute atomic E-state index is 0.0731. The highest BCUT2D eigenvalue weighted by molar-refractivity contribution is 5.77. The number of halogens is 3.